The van der Waals surface area contributed by atoms with Gasteiger partial charge in [0, 0.05) is 29.8 Å². The molecule has 0 saturated carbocycles. The number of hydrogen-bond acceptors (Lipinski definition) is 8. The maximum atomic E-state index is 15.0. The summed E-state index contributed by atoms with van der Waals surface area (Å²) < 4.78 is 124. The van der Waals surface area contributed by atoms with E-state index in [1.165, 1.54) is 48.5 Å². The predicted octanol–water partition coefficient (Wildman–Crippen LogP) is 6.28. The molecule has 5 rings (SSSR count). The predicted molar refractivity (Wildman–Crippen MR) is 153 cm³/mol. The molecule has 0 aliphatic carbocycles. The number of hydrogen-bond donors (Lipinski definition) is 3. The van der Waals surface area contributed by atoms with Crippen LogP contribution < -0.4 is 20.7 Å². The summed E-state index contributed by atoms with van der Waals surface area (Å²) in [5.41, 5.74) is 4.83. The standard InChI is InChI=1S/C28H21ClF7N5O4S/c1-14-38-26(27(31,32)33)12-40(14)21-5-3-15(17-8-20(30)18(13-42)25(10-17)46(2,43)44)9-22(21)41-23(11-37-39-41)16-4-6-24(19(29)7-16)45-28(34,35)36/h3-12,37,39,42H,13H2,1-2H3. The minimum absolute atomic E-state index is 0.0515. The fraction of sp³-hybridized carbons (Fsp3) is 0.179. The Morgan fingerprint density at radius 3 is 2.26 bits per heavy atom. The van der Waals surface area contributed by atoms with Crippen LogP contribution in [0, 0.1) is 12.7 Å². The molecule has 3 aromatic carbocycles. The van der Waals surface area contributed by atoms with Gasteiger partial charge in [0.2, 0.25) is 0 Å². The van der Waals surface area contributed by atoms with Crippen molar-refractivity contribution in [2.45, 2.75) is 31.0 Å². The molecule has 0 radical (unpaired) electrons. The number of aromatic nitrogens is 2. The summed E-state index contributed by atoms with van der Waals surface area (Å²) in [6.07, 6.45) is -6.79. The van der Waals surface area contributed by atoms with Crippen molar-refractivity contribution in [1.82, 2.24) is 20.5 Å². The van der Waals surface area contributed by atoms with E-state index >= 15 is 4.39 Å². The van der Waals surface area contributed by atoms with E-state index in [1.807, 2.05) is 0 Å². The second-order valence-corrected chi connectivity index (χ2v) is 12.3. The number of hydrazine groups is 2. The van der Waals surface area contributed by atoms with Gasteiger partial charge in [0.1, 0.15) is 17.4 Å². The lowest BCUT2D eigenvalue weighted by molar-refractivity contribution is -0.274. The van der Waals surface area contributed by atoms with Gasteiger partial charge in [-0.2, -0.15) is 13.2 Å². The van der Waals surface area contributed by atoms with Gasteiger partial charge < -0.3 is 19.8 Å². The van der Waals surface area contributed by atoms with Crippen LogP contribution in [-0.2, 0) is 22.6 Å². The highest BCUT2D eigenvalue weighted by Crippen LogP contribution is 2.40. The van der Waals surface area contributed by atoms with Crippen LogP contribution in [0.15, 0.2) is 65.8 Å². The second-order valence-electron chi connectivity index (χ2n) is 9.92. The number of benzene rings is 3. The van der Waals surface area contributed by atoms with Gasteiger partial charge in [0.25, 0.3) is 0 Å². The number of alkyl halides is 6. The van der Waals surface area contributed by atoms with Crippen LogP contribution in [-0.4, -0.2) is 35.7 Å². The monoisotopic (exact) mass is 691 g/mol. The zero-order valence-electron chi connectivity index (χ0n) is 23.4. The Morgan fingerprint density at radius 1 is 0.978 bits per heavy atom. The molecule has 3 N–H and O–H groups in total. The number of nitrogens with one attached hydrogen (secondary N) is 2. The van der Waals surface area contributed by atoms with E-state index in [0.29, 0.717) is 0 Å². The first kappa shape index (κ1) is 33.1. The molecular weight excluding hydrogens is 671 g/mol. The van der Waals surface area contributed by atoms with E-state index < -0.39 is 61.7 Å². The Labute approximate surface area is 261 Å². The number of sulfone groups is 1. The lowest BCUT2D eigenvalue weighted by atomic mass is 10.0. The van der Waals surface area contributed by atoms with Gasteiger partial charge in [-0.1, -0.05) is 17.7 Å². The van der Waals surface area contributed by atoms with Crippen molar-refractivity contribution in [3.63, 3.8) is 0 Å². The second kappa shape index (κ2) is 11.8. The molecule has 0 spiro atoms. The molecule has 0 bridgehead atoms. The third kappa shape index (κ3) is 6.62. The van der Waals surface area contributed by atoms with Crippen LogP contribution in [0.2, 0.25) is 5.02 Å². The van der Waals surface area contributed by atoms with E-state index in [4.69, 9.17) is 11.6 Å². The molecule has 46 heavy (non-hydrogen) atoms. The molecule has 244 valence electrons. The Morgan fingerprint density at radius 2 is 1.67 bits per heavy atom. The molecule has 1 aromatic heterocycles. The van der Waals surface area contributed by atoms with E-state index in [0.717, 1.165) is 35.2 Å². The topological polar surface area (TPSA) is 109 Å². The summed E-state index contributed by atoms with van der Waals surface area (Å²) in [5.74, 6) is -1.74. The third-order valence-electron chi connectivity index (χ3n) is 6.77. The number of nitrogens with zero attached hydrogens (tertiary/aromatic N) is 3. The highest BCUT2D eigenvalue weighted by atomic mass is 35.5. The lowest BCUT2D eigenvalue weighted by Gasteiger charge is -2.26. The summed E-state index contributed by atoms with van der Waals surface area (Å²) in [5, 5.41) is 10.5. The molecular formula is C28H21ClF7N5O4S. The number of aryl methyl sites for hydroxylation is 1. The first-order chi connectivity index (χ1) is 21.4. The zero-order valence-corrected chi connectivity index (χ0v) is 25.0. The lowest BCUT2D eigenvalue weighted by Crippen LogP contribution is -2.37. The van der Waals surface area contributed by atoms with Gasteiger partial charge in [-0.3, -0.25) is 5.01 Å². The van der Waals surface area contributed by atoms with Crippen molar-refractivity contribution in [3.8, 4) is 22.6 Å². The molecule has 0 unspecified atom stereocenters. The van der Waals surface area contributed by atoms with Crippen molar-refractivity contribution in [3.05, 3.63) is 94.4 Å². The number of anilines is 1. The number of imidazole rings is 1. The Kier molecular flexibility index (Phi) is 8.48. The van der Waals surface area contributed by atoms with Gasteiger partial charge in [0.15, 0.2) is 15.5 Å². The van der Waals surface area contributed by atoms with Crippen LogP contribution in [0.25, 0.3) is 22.5 Å². The number of aliphatic hydroxyl groups excluding tert-OH is 1. The number of aliphatic hydroxyl groups is 1. The summed E-state index contributed by atoms with van der Waals surface area (Å²) in [4.78, 5) is 3.14. The Bertz CT molecular complexity index is 1980. The Balaban J connectivity index is 1.69. The minimum Gasteiger partial charge on any atom is -0.404 e. The molecule has 0 atom stereocenters. The average Bonchev–Trinajstić information content (AvgIpc) is 3.59. The van der Waals surface area contributed by atoms with Crippen LogP contribution in [0.1, 0.15) is 22.6 Å². The Hall–Kier alpha value is -4.32. The molecule has 2 heterocycles. The molecule has 0 fully saturated rings. The number of ether oxygens (including phenoxy) is 1. The first-order valence-corrected chi connectivity index (χ1v) is 15.1. The fourth-order valence-corrected chi connectivity index (χ4v) is 5.93. The summed E-state index contributed by atoms with van der Waals surface area (Å²) in [6.45, 7) is 0.437. The first-order valence-electron chi connectivity index (χ1n) is 12.9. The number of halogens is 8. The van der Waals surface area contributed by atoms with Crippen LogP contribution in [0.4, 0.5) is 36.4 Å². The molecule has 18 heteroatoms. The van der Waals surface area contributed by atoms with Gasteiger partial charge in [-0.05, 0) is 60.5 Å². The fourth-order valence-electron chi connectivity index (χ4n) is 4.76. The molecule has 4 aromatic rings. The van der Waals surface area contributed by atoms with Crippen molar-refractivity contribution >= 4 is 32.8 Å². The summed E-state index contributed by atoms with van der Waals surface area (Å²) in [6, 6.07) is 9.78. The van der Waals surface area contributed by atoms with Gasteiger partial charge in [-0.15, -0.1) is 18.7 Å². The van der Waals surface area contributed by atoms with Crippen molar-refractivity contribution in [2.24, 2.45) is 0 Å². The van der Waals surface area contributed by atoms with Gasteiger partial charge in [0.05, 0.1) is 33.6 Å². The van der Waals surface area contributed by atoms with E-state index in [1.54, 1.807) is 0 Å². The summed E-state index contributed by atoms with van der Waals surface area (Å²) >= 11 is 6.06. The SMILES string of the molecule is Cc1nc(C(F)(F)F)cn1-c1ccc(-c2cc(F)c(CO)c(S(C)(=O)=O)c2)cc1N1NNC=C1c1ccc(OC(F)(F)F)c(Cl)c1. The van der Waals surface area contributed by atoms with Crippen LogP contribution in [0.3, 0.4) is 0 Å². The van der Waals surface area contributed by atoms with E-state index in [2.05, 4.69) is 20.7 Å². The summed E-state index contributed by atoms with van der Waals surface area (Å²) in [7, 11) is -4.01. The maximum absolute atomic E-state index is 15.0. The quantitative estimate of drug-likeness (QED) is 0.195. The minimum atomic E-state index is -5.01. The smallest absolute Gasteiger partial charge is 0.404 e. The van der Waals surface area contributed by atoms with Crippen LogP contribution >= 0.6 is 11.6 Å². The van der Waals surface area contributed by atoms with Gasteiger partial charge >= 0.3 is 12.5 Å². The highest BCUT2D eigenvalue weighted by molar-refractivity contribution is 7.90. The maximum Gasteiger partial charge on any atom is 0.573 e. The zero-order chi connectivity index (χ0) is 33.8. The normalized spacial score (nSPS) is 14.0. The van der Waals surface area contributed by atoms with Crippen molar-refractivity contribution in [2.75, 3.05) is 11.3 Å². The van der Waals surface area contributed by atoms with Crippen LogP contribution in [0.5, 0.6) is 5.75 Å². The van der Waals surface area contributed by atoms with E-state index in [9.17, 15) is 39.9 Å². The van der Waals surface area contributed by atoms with Crippen molar-refractivity contribution < 1.29 is 49.0 Å². The molecule has 0 amide bonds. The largest absolute Gasteiger partial charge is 0.573 e. The molecule has 1 aliphatic rings. The molecule has 1 aliphatic heterocycles. The average molecular weight is 692 g/mol. The van der Waals surface area contributed by atoms with Gasteiger partial charge in [-0.25, -0.2) is 17.8 Å². The molecule has 9 nitrogen and oxygen atoms in total. The van der Waals surface area contributed by atoms with E-state index in [-0.39, 0.29) is 39.6 Å². The molecule has 0 saturated heterocycles. The third-order valence-corrected chi connectivity index (χ3v) is 8.23. The number of rotatable bonds is 7. The van der Waals surface area contributed by atoms with Crippen molar-refractivity contribution in [1.29, 1.82) is 0 Å². The highest BCUT2D eigenvalue weighted by Gasteiger charge is 2.35.